The Morgan fingerprint density at radius 3 is 2.79 bits per heavy atom. The minimum absolute atomic E-state index is 0.134. The van der Waals surface area contributed by atoms with Gasteiger partial charge in [-0.1, -0.05) is 21.1 Å². The van der Waals surface area contributed by atoms with Crippen LogP contribution in [-0.4, -0.2) is 29.2 Å². The molecular formula is C11H13BrN4O2S. The van der Waals surface area contributed by atoms with E-state index in [-0.39, 0.29) is 12.2 Å². The van der Waals surface area contributed by atoms with Crippen LogP contribution in [0.3, 0.4) is 0 Å². The number of primary sulfonamides is 1. The zero-order chi connectivity index (χ0) is 14.0. The molecule has 0 aliphatic heterocycles. The third-order valence-electron chi connectivity index (χ3n) is 2.59. The van der Waals surface area contributed by atoms with Crippen LogP contribution in [0.5, 0.6) is 0 Å². The van der Waals surface area contributed by atoms with Crippen molar-refractivity contribution in [1.82, 2.24) is 15.0 Å². The Labute approximate surface area is 119 Å². The Bertz CT molecular complexity index is 696. The van der Waals surface area contributed by atoms with Crippen LogP contribution >= 0.6 is 15.9 Å². The highest BCUT2D eigenvalue weighted by Gasteiger charge is 2.08. The van der Waals surface area contributed by atoms with Crippen molar-refractivity contribution >= 4 is 26.0 Å². The van der Waals surface area contributed by atoms with Gasteiger partial charge in [-0.15, -0.1) is 5.10 Å². The second-order valence-corrected chi connectivity index (χ2v) is 6.79. The highest BCUT2D eigenvalue weighted by molar-refractivity contribution is 9.10. The van der Waals surface area contributed by atoms with Gasteiger partial charge in [0.2, 0.25) is 10.0 Å². The molecule has 0 amide bonds. The van der Waals surface area contributed by atoms with E-state index in [0.717, 1.165) is 15.7 Å². The third-order valence-corrected chi connectivity index (χ3v) is 4.25. The maximum atomic E-state index is 10.9. The van der Waals surface area contributed by atoms with Gasteiger partial charge in [-0.3, -0.25) is 0 Å². The number of nitrogens with zero attached hydrogens (tertiary/aromatic N) is 3. The molecule has 1 aromatic heterocycles. The van der Waals surface area contributed by atoms with Crippen LogP contribution < -0.4 is 5.14 Å². The summed E-state index contributed by atoms with van der Waals surface area (Å²) in [6.45, 7) is 1.98. The van der Waals surface area contributed by atoms with Gasteiger partial charge in [-0.2, -0.15) is 0 Å². The third kappa shape index (κ3) is 3.85. The number of sulfonamides is 1. The first kappa shape index (κ1) is 14.2. The number of halogens is 1. The van der Waals surface area contributed by atoms with Gasteiger partial charge in [0.15, 0.2) is 0 Å². The monoisotopic (exact) mass is 344 g/mol. The molecule has 1 heterocycles. The quantitative estimate of drug-likeness (QED) is 0.901. The summed E-state index contributed by atoms with van der Waals surface area (Å²) in [7, 11) is -3.47. The lowest BCUT2D eigenvalue weighted by Crippen LogP contribution is -2.18. The van der Waals surface area contributed by atoms with Gasteiger partial charge in [0, 0.05) is 10.9 Å². The lowest BCUT2D eigenvalue weighted by atomic mass is 10.2. The molecule has 0 radical (unpaired) electrons. The van der Waals surface area contributed by atoms with Crippen LogP contribution in [0.2, 0.25) is 0 Å². The normalized spacial score (nSPS) is 11.7. The molecule has 102 valence electrons. The van der Waals surface area contributed by atoms with E-state index in [2.05, 4.69) is 26.2 Å². The van der Waals surface area contributed by atoms with E-state index < -0.39 is 10.0 Å². The number of aryl methyl sites for hydroxylation is 2. The van der Waals surface area contributed by atoms with Crippen molar-refractivity contribution in [2.75, 3.05) is 5.75 Å². The van der Waals surface area contributed by atoms with E-state index in [4.69, 9.17) is 5.14 Å². The summed E-state index contributed by atoms with van der Waals surface area (Å²) in [6.07, 6.45) is 1.96. The molecule has 0 fully saturated rings. The summed E-state index contributed by atoms with van der Waals surface area (Å²) in [5.74, 6) is -0.134. The van der Waals surface area contributed by atoms with Crippen LogP contribution in [0.15, 0.2) is 28.9 Å². The van der Waals surface area contributed by atoms with Crippen LogP contribution in [-0.2, 0) is 16.4 Å². The SMILES string of the molecule is Cc1cc(-n2cc(CCS(N)(=O)=O)nn2)ccc1Br. The summed E-state index contributed by atoms with van der Waals surface area (Å²) in [5.41, 5.74) is 2.55. The smallest absolute Gasteiger partial charge is 0.209 e. The van der Waals surface area contributed by atoms with Crippen LogP contribution in [0.4, 0.5) is 0 Å². The first-order valence-electron chi connectivity index (χ1n) is 5.53. The zero-order valence-electron chi connectivity index (χ0n) is 10.2. The molecule has 0 saturated heterocycles. The minimum Gasteiger partial charge on any atom is -0.229 e. The van der Waals surface area contributed by atoms with Crippen LogP contribution in [0.1, 0.15) is 11.3 Å². The van der Waals surface area contributed by atoms with Gasteiger partial charge in [0.25, 0.3) is 0 Å². The average molecular weight is 345 g/mol. The fourth-order valence-corrected chi connectivity index (χ4v) is 2.30. The second-order valence-electron chi connectivity index (χ2n) is 4.20. The van der Waals surface area contributed by atoms with Crippen molar-refractivity contribution in [3.63, 3.8) is 0 Å². The molecule has 2 rings (SSSR count). The fourth-order valence-electron chi connectivity index (χ4n) is 1.56. The maximum absolute atomic E-state index is 10.9. The number of hydrogen-bond donors (Lipinski definition) is 1. The molecule has 0 unspecified atom stereocenters. The molecule has 6 nitrogen and oxygen atoms in total. The molecule has 0 aliphatic carbocycles. The lowest BCUT2D eigenvalue weighted by Gasteiger charge is -2.02. The van der Waals surface area contributed by atoms with Crippen molar-refractivity contribution < 1.29 is 8.42 Å². The van der Waals surface area contributed by atoms with Gasteiger partial charge >= 0.3 is 0 Å². The maximum Gasteiger partial charge on any atom is 0.209 e. The Balaban J connectivity index is 2.18. The minimum atomic E-state index is -3.47. The topological polar surface area (TPSA) is 90.9 Å². The molecule has 2 N–H and O–H groups in total. The number of benzene rings is 1. The van der Waals surface area contributed by atoms with Gasteiger partial charge in [-0.05, 0) is 30.7 Å². The summed E-state index contributed by atoms with van der Waals surface area (Å²) in [4.78, 5) is 0. The molecule has 0 aliphatic rings. The number of rotatable bonds is 4. The second kappa shape index (κ2) is 5.40. The zero-order valence-corrected chi connectivity index (χ0v) is 12.6. The lowest BCUT2D eigenvalue weighted by molar-refractivity contribution is 0.596. The van der Waals surface area contributed by atoms with Gasteiger partial charge in [0.05, 0.1) is 23.3 Å². The molecule has 0 spiro atoms. The summed E-state index contributed by atoms with van der Waals surface area (Å²) in [6, 6.07) is 5.79. The molecule has 1 aromatic carbocycles. The average Bonchev–Trinajstić information content (AvgIpc) is 2.78. The number of nitrogens with two attached hydrogens (primary N) is 1. The first-order chi connectivity index (χ1) is 8.85. The van der Waals surface area contributed by atoms with E-state index in [0.29, 0.717) is 5.69 Å². The molecule has 2 aromatic rings. The summed E-state index contributed by atoms with van der Waals surface area (Å²) < 4.78 is 24.4. The molecule has 8 heteroatoms. The molecule has 19 heavy (non-hydrogen) atoms. The first-order valence-corrected chi connectivity index (χ1v) is 8.04. The van der Waals surface area contributed by atoms with E-state index in [1.54, 1.807) is 10.9 Å². The van der Waals surface area contributed by atoms with Crippen molar-refractivity contribution in [3.8, 4) is 5.69 Å². The predicted molar refractivity (Wildman–Crippen MR) is 75.5 cm³/mol. The largest absolute Gasteiger partial charge is 0.229 e. The Kier molecular flexibility index (Phi) is 4.02. The fraction of sp³-hybridized carbons (Fsp3) is 0.273. The van der Waals surface area contributed by atoms with Crippen molar-refractivity contribution in [2.24, 2.45) is 5.14 Å². The van der Waals surface area contributed by atoms with Gasteiger partial charge < -0.3 is 0 Å². The van der Waals surface area contributed by atoms with Crippen LogP contribution in [0.25, 0.3) is 5.69 Å². The number of aromatic nitrogens is 3. The van der Waals surface area contributed by atoms with Gasteiger partial charge in [0.1, 0.15) is 0 Å². The van der Waals surface area contributed by atoms with Crippen molar-refractivity contribution in [1.29, 1.82) is 0 Å². The predicted octanol–water partition coefficient (Wildman–Crippen LogP) is 1.17. The van der Waals surface area contributed by atoms with Gasteiger partial charge in [-0.25, -0.2) is 18.2 Å². The number of hydrogen-bond acceptors (Lipinski definition) is 4. The standard InChI is InChI=1S/C11H13BrN4O2S/c1-8-6-10(2-3-11(8)12)16-7-9(14-15-16)4-5-19(13,17)18/h2-3,6-7H,4-5H2,1H3,(H2,13,17,18). The molecule has 0 saturated carbocycles. The van der Waals surface area contributed by atoms with E-state index in [1.807, 2.05) is 25.1 Å². The molecule has 0 atom stereocenters. The van der Waals surface area contributed by atoms with E-state index >= 15 is 0 Å². The Morgan fingerprint density at radius 2 is 2.16 bits per heavy atom. The summed E-state index contributed by atoms with van der Waals surface area (Å²) >= 11 is 3.43. The van der Waals surface area contributed by atoms with Crippen molar-refractivity contribution in [2.45, 2.75) is 13.3 Å². The molecule has 0 bridgehead atoms. The highest BCUT2D eigenvalue weighted by Crippen LogP contribution is 2.19. The van der Waals surface area contributed by atoms with Crippen LogP contribution in [0, 0.1) is 6.92 Å². The Hall–Kier alpha value is -1.25. The summed E-state index contributed by atoms with van der Waals surface area (Å²) in [5, 5.41) is 12.9. The van der Waals surface area contributed by atoms with E-state index in [9.17, 15) is 8.42 Å². The Morgan fingerprint density at radius 1 is 1.42 bits per heavy atom. The van der Waals surface area contributed by atoms with E-state index in [1.165, 1.54) is 0 Å². The van der Waals surface area contributed by atoms with Crippen molar-refractivity contribution in [3.05, 3.63) is 40.1 Å². The highest BCUT2D eigenvalue weighted by atomic mass is 79.9. The molecular weight excluding hydrogens is 332 g/mol.